The molecule has 8 bridgehead atoms. The van der Waals surface area contributed by atoms with Crippen LogP contribution in [0.5, 0.6) is 5.75 Å². The number of benzene rings is 4. The van der Waals surface area contributed by atoms with Gasteiger partial charge in [-0.15, -0.1) is 0 Å². The number of hydrogen-bond acceptors (Lipinski definition) is 3. The van der Waals surface area contributed by atoms with Crippen molar-refractivity contribution in [2.75, 3.05) is 7.11 Å². The van der Waals surface area contributed by atoms with Gasteiger partial charge >= 0.3 is 0 Å². The Kier molecular flexibility index (Phi) is 8.16. The zero-order chi connectivity index (χ0) is 35.2. The topological polar surface area (TPSA) is 66.6 Å². The van der Waals surface area contributed by atoms with Gasteiger partial charge in [-0.2, -0.15) is 0 Å². The second-order valence-corrected chi connectivity index (χ2v) is 14.2. The maximum absolute atomic E-state index is 5.52. The molecule has 9 rings (SSSR count). The first-order chi connectivity index (χ1) is 25.5. The van der Waals surface area contributed by atoms with Crippen molar-refractivity contribution in [1.82, 2.24) is 19.9 Å². The van der Waals surface area contributed by atoms with Gasteiger partial charge in [-0.3, -0.25) is 0 Å². The number of fused-ring (bicyclic) bond motifs is 8. The highest BCUT2D eigenvalue weighted by Crippen LogP contribution is 2.38. The molecular formula is C46H33IN4O. The van der Waals surface area contributed by atoms with Crippen LogP contribution in [0.2, 0.25) is 0 Å². The van der Waals surface area contributed by atoms with Crippen molar-refractivity contribution in [3.05, 3.63) is 159 Å². The molecule has 4 aromatic carbocycles. The average molecular weight is 785 g/mol. The Bertz CT molecular complexity index is 2700. The van der Waals surface area contributed by atoms with Crippen molar-refractivity contribution >= 4 is 69.0 Å². The normalized spacial score (nSPS) is 12.0. The van der Waals surface area contributed by atoms with Gasteiger partial charge in [0, 0.05) is 47.9 Å². The monoisotopic (exact) mass is 784 g/mol. The number of aryl methyl sites for hydroxylation is 1. The average Bonchev–Trinajstić information content (AvgIpc) is 4.02. The summed E-state index contributed by atoms with van der Waals surface area (Å²) in [5.74, 6) is 0.803. The van der Waals surface area contributed by atoms with Crippen LogP contribution in [0.3, 0.4) is 0 Å². The third-order valence-corrected chi connectivity index (χ3v) is 10.4. The van der Waals surface area contributed by atoms with Gasteiger partial charge in [0.1, 0.15) is 5.75 Å². The lowest BCUT2D eigenvalue weighted by Gasteiger charge is -2.07. The van der Waals surface area contributed by atoms with Crippen LogP contribution >= 0.6 is 22.6 Å². The third kappa shape index (κ3) is 5.85. The first-order valence-corrected chi connectivity index (χ1v) is 18.3. The van der Waals surface area contributed by atoms with Crippen LogP contribution in [0, 0.1) is 10.5 Å². The first-order valence-electron chi connectivity index (χ1n) is 17.2. The smallest absolute Gasteiger partial charge is 0.118 e. The van der Waals surface area contributed by atoms with Crippen molar-refractivity contribution in [3.63, 3.8) is 0 Å². The number of aromatic nitrogens is 4. The molecule has 52 heavy (non-hydrogen) atoms. The Morgan fingerprint density at radius 1 is 0.442 bits per heavy atom. The van der Waals surface area contributed by atoms with Gasteiger partial charge in [0.15, 0.2) is 0 Å². The number of aromatic amines is 2. The van der Waals surface area contributed by atoms with Crippen LogP contribution in [0.15, 0.2) is 127 Å². The summed E-state index contributed by atoms with van der Waals surface area (Å²) in [7, 11) is 1.69. The summed E-state index contributed by atoms with van der Waals surface area (Å²) < 4.78 is 6.70. The minimum atomic E-state index is 0.803. The van der Waals surface area contributed by atoms with Gasteiger partial charge in [0.05, 0.1) is 29.9 Å². The number of nitrogens with one attached hydrogen (secondary N) is 2. The van der Waals surface area contributed by atoms with Crippen LogP contribution in [-0.2, 0) is 0 Å². The predicted octanol–water partition coefficient (Wildman–Crippen LogP) is 12.2. The highest BCUT2D eigenvalue weighted by molar-refractivity contribution is 14.1. The number of ether oxygens (including phenoxy) is 1. The molecule has 2 N–H and O–H groups in total. The highest BCUT2D eigenvalue weighted by Gasteiger charge is 2.19. The third-order valence-electron chi connectivity index (χ3n) is 9.67. The molecule has 0 saturated carbocycles. The van der Waals surface area contributed by atoms with Crippen molar-refractivity contribution < 1.29 is 4.74 Å². The largest absolute Gasteiger partial charge is 0.497 e. The molecule has 0 radical (unpaired) electrons. The van der Waals surface area contributed by atoms with Crippen molar-refractivity contribution in [2.45, 2.75) is 6.92 Å². The molecule has 250 valence electrons. The minimum Gasteiger partial charge on any atom is -0.497 e. The van der Waals surface area contributed by atoms with Gasteiger partial charge < -0.3 is 14.7 Å². The first kappa shape index (κ1) is 32.0. The summed E-state index contributed by atoms with van der Waals surface area (Å²) >= 11 is 2.36. The lowest BCUT2D eigenvalue weighted by Crippen LogP contribution is -1.90. The molecule has 0 saturated heterocycles. The summed E-state index contributed by atoms with van der Waals surface area (Å²) in [4.78, 5) is 18.4. The van der Waals surface area contributed by atoms with E-state index in [4.69, 9.17) is 14.7 Å². The van der Waals surface area contributed by atoms with E-state index in [1.54, 1.807) is 7.11 Å². The fraction of sp³-hybridized carbons (Fsp3) is 0.0435. The van der Waals surface area contributed by atoms with Gasteiger partial charge in [0.2, 0.25) is 0 Å². The fourth-order valence-corrected chi connectivity index (χ4v) is 7.48. The van der Waals surface area contributed by atoms with Crippen molar-refractivity contribution in [2.24, 2.45) is 0 Å². The Labute approximate surface area is 315 Å². The van der Waals surface area contributed by atoms with Crippen LogP contribution < -0.4 is 4.74 Å². The Morgan fingerprint density at radius 3 is 1.21 bits per heavy atom. The maximum Gasteiger partial charge on any atom is 0.118 e. The molecule has 7 aromatic rings. The summed E-state index contributed by atoms with van der Waals surface area (Å²) in [6, 6.07) is 44.6. The number of methoxy groups -OCH3 is 1. The van der Waals surface area contributed by atoms with E-state index >= 15 is 0 Å². The van der Waals surface area contributed by atoms with E-state index in [0.717, 1.165) is 95.1 Å². The van der Waals surface area contributed by atoms with E-state index in [9.17, 15) is 0 Å². The molecular weight excluding hydrogens is 751 g/mol. The lowest BCUT2D eigenvalue weighted by atomic mass is 10.0. The summed E-state index contributed by atoms with van der Waals surface area (Å²) in [5.41, 5.74) is 17.0. The van der Waals surface area contributed by atoms with E-state index in [-0.39, 0.29) is 0 Å². The zero-order valence-corrected chi connectivity index (χ0v) is 30.8. The number of halogens is 1. The highest BCUT2D eigenvalue weighted by atomic mass is 127. The molecule has 3 aromatic heterocycles. The van der Waals surface area contributed by atoms with E-state index in [1.807, 2.05) is 18.2 Å². The van der Waals surface area contributed by atoms with Crippen LogP contribution in [0.4, 0.5) is 0 Å². The van der Waals surface area contributed by atoms with Crippen LogP contribution in [0.1, 0.15) is 28.3 Å². The second-order valence-electron chi connectivity index (χ2n) is 13.0. The number of H-pyrrole nitrogens is 2. The quantitative estimate of drug-likeness (QED) is 0.171. The molecule has 5 nitrogen and oxygen atoms in total. The summed E-state index contributed by atoms with van der Waals surface area (Å²) in [5, 5.41) is 0. The molecule has 2 aliphatic rings. The van der Waals surface area contributed by atoms with Crippen LogP contribution in [-0.4, -0.2) is 27.0 Å². The molecule has 2 aliphatic heterocycles. The minimum absolute atomic E-state index is 0.803. The number of nitrogens with zero attached hydrogens (tertiary/aromatic N) is 2. The second kappa shape index (κ2) is 13.3. The van der Waals surface area contributed by atoms with Gasteiger partial charge in [0.25, 0.3) is 0 Å². The summed E-state index contributed by atoms with van der Waals surface area (Å²) in [6.45, 7) is 2.12. The molecule has 0 fully saturated rings. The summed E-state index contributed by atoms with van der Waals surface area (Å²) in [6.07, 6.45) is 8.53. The maximum atomic E-state index is 5.52. The standard InChI is InChI=1S/C46H33IN4O/c1-28-8-10-30(11-9-28)44-37-22-20-35(48-37)43(29-6-4-3-5-7-29)36-21-23-41(49-36)46(32-14-18-34(52-2)19-15-32)42-27-26-40(51-42)45(39-25-24-38(44)50-39)31-12-16-33(47)17-13-31/h3-27,48,51H,1-2H3. The zero-order valence-electron chi connectivity index (χ0n) is 28.6. The van der Waals surface area contributed by atoms with Crippen molar-refractivity contribution in [3.8, 4) is 50.3 Å². The Balaban J connectivity index is 1.46. The lowest BCUT2D eigenvalue weighted by molar-refractivity contribution is 0.415. The fourth-order valence-electron chi connectivity index (χ4n) is 7.12. The Morgan fingerprint density at radius 2 is 0.808 bits per heavy atom. The van der Waals surface area contributed by atoms with Gasteiger partial charge in [-0.25, -0.2) is 9.97 Å². The molecule has 5 heterocycles. The van der Waals surface area contributed by atoms with Gasteiger partial charge in [-0.1, -0.05) is 84.4 Å². The molecule has 0 unspecified atom stereocenters. The van der Waals surface area contributed by atoms with E-state index in [1.165, 1.54) is 9.13 Å². The molecule has 0 spiro atoms. The van der Waals surface area contributed by atoms with Crippen molar-refractivity contribution in [1.29, 1.82) is 0 Å². The van der Waals surface area contributed by atoms with E-state index in [2.05, 4.69) is 173 Å². The number of hydrogen-bond donors (Lipinski definition) is 2. The molecule has 0 atom stereocenters. The molecule has 0 aliphatic carbocycles. The molecule has 6 heteroatoms. The van der Waals surface area contributed by atoms with Gasteiger partial charge in [-0.05, 0) is 125 Å². The number of rotatable bonds is 5. The Hall–Kier alpha value is -5.99. The van der Waals surface area contributed by atoms with E-state index in [0.29, 0.717) is 0 Å². The predicted molar refractivity (Wildman–Crippen MR) is 225 cm³/mol. The van der Waals surface area contributed by atoms with E-state index < -0.39 is 0 Å². The van der Waals surface area contributed by atoms with Crippen LogP contribution in [0.25, 0.3) is 90.9 Å². The SMILES string of the molecule is COc1ccc(-c2c3nc(c(-c4ccccc4)c4ccc([nH]4)c(-c4ccc(C)cc4)c4nc(c(-c5ccc(I)cc5)c5ccc2[nH]5)C=C4)C=C3)cc1. The molecule has 0 amide bonds.